The number of carbonyl (C=O) groups excluding carboxylic acids is 1. The Morgan fingerprint density at radius 2 is 1.78 bits per heavy atom. The van der Waals surface area contributed by atoms with Crippen LogP contribution in [0, 0.1) is 0 Å². The molecule has 3 N–H and O–H groups in total. The van der Waals surface area contributed by atoms with Gasteiger partial charge in [-0.2, -0.15) is 0 Å². The van der Waals surface area contributed by atoms with Crippen LogP contribution in [0.5, 0.6) is 0 Å². The minimum absolute atomic E-state index is 0.0514. The fraction of sp³-hybridized carbons (Fsp3) is 0.533. The summed E-state index contributed by atoms with van der Waals surface area (Å²) in [6.45, 7) is -0.297. The number of aliphatic hydroxyl groups is 3. The topological polar surface area (TPSA) is 115 Å². The van der Waals surface area contributed by atoms with Gasteiger partial charge in [-0.15, -0.1) is 0 Å². The van der Waals surface area contributed by atoms with Crippen molar-refractivity contribution in [1.82, 2.24) is 0 Å². The first-order valence-electron chi connectivity index (χ1n) is 7.09. The van der Waals surface area contributed by atoms with Crippen molar-refractivity contribution in [2.45, 2.75) is 37.3 Å². The molecule has 23 heavy (non-hydrogen) atoms. The van der Waals surface area contributed by atoms with Gasteiger partial charge in [0.25, 0.3) is 0 Å². The molecule has 0 bridgehead atoms. The minimum atomic E-state index is -1.47. The monoisotopic (exact) mass is 328 g/mol. The summed E-state index contributed by atoms with van der Waals surface area (Å²) in [4.78, 5) is 11.5. The molecular weight excluding hydrogens is 308 g/mol. The highest BCUT2D eigenvalue weighted by Gasteiger charge is 2.44. The summed E-state index contributed by atoms with van der Waals surface area (Å²) in [7, 11) is 1.28. The lowest BCUT2D eigenvalue weighted by Gasteiger charge is -2.39. The Bertz CT molecular complexity index is 492. The quantitative estimate of drug-likeness (QED) is 0.636. The van der Waals surface area contributed by atoms with E-state index in [0.717, 1.165) is 5.56 Å². The average Bonchev–Trinajstić information content (AvgIpc) is 2.58. The van der Waals surface area contributed by atoms with Gasteiger partial charge in [0.2, 0.25) is 0 Å². The maximum Gasteiger partial charge on any atom is 0.508 e. The summed E-state index contributed by atoms with van der Waals surface area (Å²) in [5, 5.41) is 29.1. The highest BCUT2D eigenvalue weighted by atomic mass is 16.7. The number of hydrogen-bond acceptors (Lipinski definition) is 8. The molecule has 0 radical (unpaired) electrons. The van der Waals surface area contributed by atoms with Crippen LogP contribution in [0.15, 0.2) is 30.3 Å². The molecule has 0 amide bonds. The zero-order valence-corrected chi connectivity index (χ0v) is 12.6. The fourth-order valence-corrected chi connectivity index (χ4v) is 2.16. The van der Waals surface area contributed by atoms with E-state index in [1.165, 1.54) is 7.11 Å². The minimum Gasteiger partial charge on any atom is -0.431 e. The summed E-state index contributed by atoms with van der Waals surface area (Å²) in [6.07, 6.45) is -7.37. The Labute approximate surface area is 133 Å². The van der Waals surface area contributed by atoms with Crippen molar-refractivity contribution < 1.29 is 39.1 Å². The molecule has 1 heterocycles. The molecule has 0 saturated carbocycles. The molecule has 8 heteroatoms. The molecule has 0 spiro atoms. The first kappa shape index (κ1) is 17.6. The van der Waals surface area contributed by atoms with Crippen LogP contribution >= 0.6 is 0 Å². The predicted octanol–water partition coefficient (Wildman–Crippen LogP) is -0.206. The van der Waals surface area contributed by atoms with Crippen LogP contribution in [0.4, 0.5) is 4.79 Å². The van der Waals surface area contributed by atoms with Gasteiger partial charge in [0.1, 0.15) is 37.6 Å². The summed E-state index contributed by atoms with van der Waals surface area (Å²) in [5.74, 6) is 0. The van der Waals surface area contributed by atoms with Crippen LogP contribution < -0.4 is 0 Å². The zero-order chi connectivity index (χ0) is 16.8. The van der Waals surface area contributed by atoms with Gasteiger partial charge in [-0.3, -0.25) is 0 Å². The SMILES string of the molecule is CO[C@H]1O[C@H](COC(=O)OCc2ccccc2)[C@@H](O)[C@H](O)[C@H]1O. The summed E-state index contributed by atoms with van der Waals surface area (Å²) in [5.41, 5.74) is 0.802. The van der Waals surface area contributed by atoms with Crippen molar-refractivity contribution in [3.05, 3.63) is 35.9 Å². The molecule has 8 nitrogen and oxygen atoms in total. The Hall–Kier alpha value is -1.71. The first-order chi connectivity index (χ1) is 11.0. The number of benzene rings is 1. The first-order valence-corrected chi connectivity index (χ1v) is 7.09. The molecule has 0 unspecified atom stereocenters. The van der Waals surface area contributed by atoms with Crippen LogP contribution in [0.1, 0.15) is 5.56 Å². The molecule has 5 atom stereocenters. The second-order valence-corrected chi connectivity index (χ2v) is 5.09. The fourth-order valence-electron chi connectivity index (χ4n) is 2.16. The molecule has 1 aromatic rings. The molecule has 1 aliphatic rings. The Morgan fingerprint density at radius 3 is 2.43 bits per heavy atom. The van der Waals surface area contributed by atoms with Gasteiger partial charge in [0, 0.05) is 7.11 Å². The molecule has 1 aliphatic heterocycles. The smallest absolute Gasteiger partial charge is 0.431 e. The molecule has 2 rings (SSSR count). The van der Waals surface area contributed by atoms with E-state index in [1.54, 1.807) is 12.1 Å². The van der Waals surface area contributed by atoms with Gasteiger partial charge in [0.05, 0.1) is 0 Å². The lowest BCUT2D eigenvalue weighted by molar-refractivity contribution is -0.294. The Morgan fingerprint density at radius 1 is 1.09 bits per heavy atom. The average molecular weight is 328 g/mol. The molecule has 128 valence electrons. The zero-order valence-electron chi connectivity index (χ0n) is 12.6. The molecule has 1 saturated heterocycles. The summed E-state index contributed by atoms with van der Waals surface area (Å²) in [6, 6.07) is 9.06. The predicted molar refractivity (Wildman–Crippen MR) is 76.3 cm³/mol. The van der Waals surface area contributed by atoms with Crippen molar-refractivity contribution in [1.29, 1.82) is 0 Å². The van der Waals surface area contributed by atoms with Crippen LogP contribution in [-0.4, -0.2) is 65.9 Å². The number of methoxy groups -OCH3 is 1. The van der Waals surface area contributed by atoms with E-state index in [1.807, 2.05) is 18.2 Å². The highest BCUT2D eigenvalue weighted by Crippen LogP contribution is 2.22. The van der Waals surface area contributed by atoms with Gasteiger partial charge in [-0.05, 0) is 5.56 Å². The lowest BCUT2D eigenvalue weighted by Crippen LogP contribution is -2.59. The molecule has 0 aromatic heterocycles. The third-order valence-corrected chi connectivity index (χ3v) is 3.47. The van der Waals surface area contributed by atoms with E-state index in [-0.39, 0.29) is 13.2 Å². The van der Waals surface area contributed by atoms with Crippen LogP contribution in [0.3, 0.4) is 0 Å². The normalized spacial score (nSPS) is 30.7. The van der Waals surface area contributed by atoms with Crippen molar-refractivity contribution >= 4 is 6.16 Å². The Kier molecular flexibility index (Phi) is 6.31. The van der Waals surface area contributed by atoms with Crippen molar-refractivity contribution in [2.24, 2.45) is 0 Å². The van der Waals surface area contributed by atoms with Crippen molar-refractivity contribution in [3.8, 4) is 0 Å². The van der Waals surface area contributed by atoms with E-state index in [2.05, 4.69) is 0 Å². The molecular formula is C15H20O8. The van der Waals surface area contributed by atoms with Crippen LogP contribution in [-0.2, 0) is 25.6 Å². The third kappa shape index (κ3) is 4.63. The third-order valence-electron chi connectivity index (χ3n) is 3.47. The van der Waals surface area contributed by atoms with E-state index >= 15 is 0 Å². The van der Waals surface area contributed by atoms with Gasteiger partial charge >= 0.3 is 6.16 Å². The van der Waals surface area contributed by atoms with E-state index in [0.29, 0.717) is 0 Å². The molecule has 1 fully saturated rings. The van der Waals surface area contributed by atoms with E-state index < -0.39 is 36.9 Å². The van der Waals surface area contributed by atoms with Gasteiger partial charge in [-0.1, -0.05) is 30.3 Å². The maximum atomic E-state index is 11.5. The van der Waals surface area contributed by atoms with Crippen LogP contribution in [0.25, 0.3) is 0 Å². The maximum absolute atomic E-state index is 11.5. The van der Waals surface area contributed by atoms with Gasteiger partial charge in [-0.25, -0.2) is 4.79 Å². The van der Waals surface area contributed by atoms with Crippen molar-refractivity contribution in [2.75, 3.05) is 13.7 Å². The number of hydrogen-bond donors (Lipinski definition) is 3. The van der Waals surface area contributed by atoms with Gasteiger partial charge < -0.3 is 34.3 Å². The Balaban J connectivity index is 1.79. The summed E-state index contributed by atoms with van der Waals surface area (Å²) < 4.78 is 19.8. The lowest BCUT2D eigenvalue weighted by atomic mass is 9.99. The largest absolute Gasteiger partial charge is 0.508 e. The van der Waals surface area contributed by atoms with Gasteiger partial charge in [0.15, 0.2) is 6.29 Å². The van der Waals surface area contributed by atoms with Crippen LogP contribution in [0.2, 0.25) is 0 Å². The summed E-state index contributed by atoms with van der Waals surface area (Å²) >= 11 is 0. The highest BCUT2D eigenvalue weighted by molar-refractivity contribution is 5.59. The number of carbonyl (C=O) groups is 1. The number of rotatable bonds is 5. The van der Waals surface area contributed by atoms with Crippen molar-refractivity contribution in [3.63, 3.8) is 0 Å². The van der Waals surface area contributed by atoms with E-state index in [4.69, 9.17) is 18.9 Å². The number of aliphatic hydroxyl groups excluding tert-OH is 3. The molecule has 0 aliphatic carbocycles. The molecule has 1 aromatic carbocycles. The second-order valence-electron chi connectivity index (χ2n) is 5.09. The van der Waals surface area contributed by atoms with E-state index in [9.17, 15) is 20.1 Å². The standard InChI is InChI=1S/C15H20O8/c1-20-14-13(18)12(17)11(16)10(23-14)8-22-15(19)21-7-9-5-3-2-4-6-9/h2-6,10-14,16-18H,7-8H2,1H3/t10-,11-,12+,13-,14+/m1/s1. The number of ether oxygens (including phenoxy) is 4. The second kappa shape index (κ2) is 8.23.